The molecule has 2 N–H and O–H groups in total. The Hall–Kier alpha value is -3.29. The van der Waals surface area contributed by atoms with Crippen LogP contribution in [-0.2, 0) is 4.79 Å². The number of benzene rings is 3. The molecule has 0 unspecified atom stereocenters. The van der Waals surface area contributed by atoms with Crippen LogP contribution in [0.15, 0.2) is 54.6 Å². The van der Waals surface area contributed by atoms with Gasteiger partial charge in [-0.3, -0.25) is 9.69 Å². The molecule has 5 rings (SSSR count). The molecule has 1 aliphatic carbocycles. The number of hydrogen-bond donors (Lipinski definition) is 2. The number of amides is 1. The average molecular weight is 505 g/mol. The van der Waals surface area contributed by atoms with E-state index in [0.717, 1.165) is 47.7 Å². The molecule has 3 aromatic rings. The van der Waals surface area contributed by atoms with Crippen LogP contribution >= 0.6 is 0 Å². The first kappa shape index (κ1) is 25.4. The van der Waals surface area contributed by atoms with Gasteiger partial charge in [0.15, 0.2) is 11.5 Å². The fraction of sp³-hybridized carbons (Fsp3) is 0.433. The lowest BCUT2D eigenvalue weighted by Gasteiger charge is -2.52. The first-order valence-electron chi connectivity index (χ1n) is 13.0. The Kier molecular flexibility index (Phi) is 7.26. The zero-order chi connectivity index (χ0) is 26.0. The van der Waals surface area contributed by atoms with Crippen molar-refractivity contribution in [1.29, 1.82) is 0 Å². The van der Waals surface area contributed by atoms with Crippen molar-refractivity contribution < 1.29 is 24.1 Å². The Morgan fingerprint density at radius 3 is 2.46 bits per heavy atom. The van der Waals surface area contributed by atoms with Crippen LogP contribution in [0.3, 0.4) is 0 Å². The third-order valence-electron chi connectivity index (χ3n) is 8.11. The molecule has 1 aliphatic heterocycles. The number of likely N-dealkylation sites (tertiary alicyclic amines) is 1. The summed E-state index contributed by atoms with van der Waals surface area (Å²) in [4.78, 5) is 15.6. The van der Waals surface area contributed by atoms with E-state index in [1.54, 1.807) is 21.3 Å². The van der Waals surface area contributed by atoms with Crippen molar-refractivity contribution in [2.75, 3.05) is 39.7 Å². The van der Waals surface area contributed by atoms with E-state index in [0.29, 0.717) is 30.2 Å². The summed E-state index contributed by atoms with van der Waals surface area (Å²) in [5.74, 6) is 1.60. The normalized spacial score (nSPS) is 23.8. The molecule has 1 amide bonds. The maximum absolute atomic E-state index is 13.4. The van der Waals surface area contributed by atoms with Gasteiger partial charge in [-0.15, -0.1) is 0 Å². The molecule has 1 heterocycles. The number of carbonyl (C=O) groups is 1. The van der Waals surface area contributed by atoms with Gasteiger partial charge in [-0.05, 0) is 48.4 Å². The minimum Gasteiger partial charge on any atom is -0.493 e. The fourth-order valence-electron chi connectivity index (χ4n) is 6.34. The highest BCUT2D eigenvalue weighted by molar-refractivity contribution is 6.02. The maximum atomic E-state index is 13.4. The standard InChI is InChI=1S/C30H36N2O5/c1-35-25-17-21(18-26(36-2)29(25)37-3)28-23-12-6-7-14-30(23,34)15-16-32(28)19-27(33)31-24-13-8-10-20-9-4-5-11-22(20)24/h4-5,8-11,13,17-18,23,28,34H,6-7,12,14-16,19H2,1-3H3,(H,31,33)/t23-,28-,30-/m0/s1. The van der Waals surface area contributed by atoms with Crippen molar-refractivity contribution in [2.24, 2.45) is 5.92 Å². The van der Waals surface area contributed by atoms with Gasteiger partial charge in [0.25, 0.3) is 0 Å². The number of carbonyl (C=O) groups excluding carboxylic acids is 1. The summed E-state index contributed by atoms with van der Waals surface area (Å²) < 4.78 is 16.8. The van der Waals surface area contributed by atoms with Crippen LogP contribution in [-0.4, -0.2) is 55.9 Å². The first-order chi connectivity index (χ1) is 18.0. The monoisotopic (exact) mass is 504 g/mol. The lowest BCUT2D eigenvalue weighted by Crippen LogP contribution is -2.56. The van der Waals surface area contributed by atoms with E-state index in [1.165, 1.54) is 0 Å². The topological polar surface area (TPSA) is 80.3 Å². The quantitative estimate of drug-likeness (QED) is 0.462. The molecule has 3 atom stereocenters. The van der Waals surface area contributed by atoms with E-state index in [-0.39, 0.29) is 24.4 Å². The van der Waals surface area contributed by atoms with E-state index in [9.17, 15) is 9.90 Å². The van der Waals surface area contributed by atoms with Gasteiger partial charge in [0.2, 0.25) is 11.7 Å². The highest BCUT2D eigenvalue weighted by Gasteiger charge is 2.49. The summed E-state index contributed by atoms with van der Waals surface area (Å²) in [7, 11) is 4.80. The van der Waals surface area contributed by atoms with Crippen molar-refractivity contribution in [3.8, 4) is 17.2 Å². The molecule has 2 fully saturated rings. The third-order valence-corrected chi connectivity index (χ3v) is 8.11. The van der Waals surface area contributed by atoms with Crippen LogP contribution in [0.1, 0.15) is 43.7 Å². The van der Waals surface area contributed by atoms with E-state index < -0.39 is 5.60 Å². The largest absolute Gasteiger partial charge is 0.493 e. The van der Waals surface area contributed by atoms with Gasteiger partial charge in [0.05, 0.1) is 33.5 Å². The molecule has 0 spiro atoms. The van der Waals surface area contributed by atoms with E-state index in [1.807, 2.05) is 54.6 Å². The molecule has 0 radical (unpaired) electrons. The summed E-state index contributed by atoms with van der Waals surface area (Å²) in [6.45, 7) is 0.842. The molecule has 1 saturated carbocycles. The van der Waals surface area contributed by atoms with Gasteiger partial charge in [-0.2, -0.15) is 0 Å². The van der Waals surface area contributed by atoms with Crippen LogP contribution in [0.5, 0.6) is 17.2 Å². The van der Waals surface area contributed by atoms with Gasteiger partial charge in [-0.1, -0.05) is 49.2 Å². The number of rotatable bonds is 7. The van der Waals surface area contributed by atoms with Gasteiger partial charge in [0, 0.05) is 29.6 Å². The van der Waals surface area contributed by atoms with Crippen LogP contribution in [0.25, 0.3) is 10.8 Å². The SMILES string of the molecule is COc1cc([C@H]2[C@@H]3CCCC[C@]3(O)CCN2CC(=O)Nc2cccc3ccccc23)cc(OC)c1OC. The maximum Gasteiger partial charge on any atom is 0.238 e. The van der Waals surface area contributed by atoms with Crippen LogP contribution in [0.2, 0.25) is 0 Å². The summed E-state index contributed by atoms with van der Waals surface area (Å²) in [5, 5.41) is 16.9. The van der Waals surface area contributed by atoms with Crippen molar-refractivity contribution in [2.45, 2.75) is 43.7 Å². The number of anilines is 1. The molecular weight excluding hydrogens is 468 g/mol. The predicted molar refractivity (Wildman–Crippen MR) is 145 cm³/mol. The second-order valence-electron chi connectivity index (χ2n) is 10.2. The summed E-state index contributed by atoms with van der Waals surface area (Å²) in [6, 6.07) is 17.7. The smallest absolute Gasteiger partial charge is 0.238 e. The molecule has 7 nitrogen and oxygen atoms in total. The molecule has 3 aromatic carbocycles. The Balaban J connectivity index is 1.48. The number of methoxy groups -OCH3 is 3. The number of hydrogen-bond acceptors (Lipinski definition) is 6. The lowest BCUT2D eigenvalue weighted by atomic mass is 9.66. The number of nitrogens with one attached hydrogen (secondary N) is 1. The molecule has 7 heteroatoms. The number of piperidine rings is 1. The van der Waals surface area contributed by atoms with Crippen molar-refractivity contribution in [1.82, 2.24) is 4.90 Å². The number of fused-ring (bicyclic) bond motifs is 2. The van der Waals surface area contributed by atoms with Crippen LogP contribution < -0.4 is 19.5 Å². The molecule has 0 bridgehead atoms. The molecule has 2 aliphatic rings. The van der Waals surface area contributed by atoms with Crippen LogP contribution in [0.4, 0.5) is 5.69 Å². The van der Waals surface area contributed by atoms with E-state index in [2.05, 4.69) is 10.2 Å². The van der Waals surface area contributed by atoms with Gasteiger partial charge in [0.1, 0.15) is 0 Å². The third kappa shape index (κ3) is 4.86. The Morgan fingerprint density at radius 1 is 1.00 bits per heavy atom. The summed E-state index contributed by atoms with van der Waals surface area (Å²) >= 11 is 0. The molecular formula is C30H36N2O5. The number of nitrogens with zero attached hydrogens (tertiary/aromatic N) is 1. The molecule has 1 saturated heterocycles. The Bertz CT molecular complexity index is 1250. The van der Waals surface area contributed by atoms with Gasteiger partial charge < -0.3 is 24.6 Å². The van der Waals surface area contributed by atoms with Crippen molar-refractivity contribution >= 4 is 22.4 Å². The summed E-state index contributed by atoms with van der Waals surface area (Å²) in [5.41, 5.74) is 1.02. The highest BCUT2D eigenvalue weighted by atomic mass is 16.5. The minimum atomic E-state index is -0.744. The lowest BCUT2D eigenvalue weighted by molar-refractivity contribution is -0.135. The molecule has 37 heavy (non-hydrogen) atoms. The highest BCUT2D eigenvalue weighted by Crippen LogP contribution is 2.51. The second kappa shape index (κ2) is 10.6. The number of aliphatic hydroxyl groups is 1. The van der Waals surface area contributed by atoms with Crippen LogP contribution in [0, 0.1) is 5.92 Å². The van der Waals surface area contributed by atoms with Gasteiger partial charge in [-0.25, -0.2) is 0 Å². The number of ether oxygens (including phenoxy) is 3. The Morgan fingerprint density at radius 2 is 1.73 bits per heavy atom. The fourth-order valence-corrected chi connectivity index (χ4v) is 6.34. The minimum absolute atomic E-state index is 0.00293. The van der Waals surface area contributed by atoms with E-state index in [4.69, 9.17) is 14.2 Å². The van der Waals surface area contributed by atoms with Crippen molar-refractivity contribution in [3.05, 3.63) is 60.2 Å². The zero-order valence-corrected chi connectivity index (χ0v) is 21.8. The second-order valence-corrected chi connectivity index (χ2v) is 10.2. The zero-order valence-electron chi connectivity index (χ0n) is 21.8. The predicted octanol–water partition coefficient (Wildman–Crippen LogP) is 5.17. The van der Waals surface area contributed by atoms with E-state index >= 15 is 0 Å². The average Bonchev–Trinajstić information content (AvgIpc) is 2.92. The van der Waals surface area contributed by atoms with Gasteiger partial charge >= 0.3 is 0 Å². The van der Waals surface area contributed by atoms with Crippen molar-refractivity contribution in [3.63, 3.8) is 0 Å². The first-order valence-corrected chi connectivity index (χ1v) is 13.0. The summed E-state index contributed by atoms with van der Waals surface area (Å²) in [6.07, 6.45) is 4.43. The molecule has 196 valence electrons. The molecule has 0 aromatic heterocycles. The Labute approximate surface area is 218 Å².